The zero-order valence-electron chi connectivity index (χ0n) is 9.65. The maximum absolute atomic E-state index is 12.6. The minimum atomic E-state index is -4.75. The third-order valence-electron chi connectivity index (χ3n) is 3.81. The zero-order chi connectivity index (χ0) is 12.5. The molecule has 0 aromatic carbocycles. The van der Waals surface area contributed by atoms with Crippen molar-refractivity contribution in [3.05, 3.63) is 0 Å². The Balaban J connectivity index is 2.20. The van der Waals surface area contributed by atoms with Gasteiger partial charge in [0, 0.05) is 19.6 Å². The topological polar surface area (TPSA) is 32.3 Å². The molecule has 1 heterocycles. The number of hydrogen-bond donors (Lipinski definition) is 1. The van der Waals surface area contributed by atoms with Crippen LogP contribution >= 0.6 is 0 Å². The zero-order valence-corrected chi connectivity index (χ0v) is 9.65. The van der Waals surface area contributed by atoms with Crippen LogP contribution in [0.3, 0.4) is 0 Å². The van der Waals surface area contributed by atoms with Gasteiger partial charge in [-0.25, -0.2) is 0 Å². The smallest absolute Gasteiger partial charge is 0.327 e. The summed E-state index contributed by atoms with van der Waals surface area (Å²) in [6.45, 7) is 1.11. The van der Waals surface area contributed by atoms with Gasteiger partial charge in [0.1, 0.15) is 0 Å². The highest BCUT2D eigenvalue weighted by molar-refractivity contribution is 5.82. The van der Waals surface area contributed by atoms with Crippen molar-refractivity contribution in [3.63, 3.8) is 0 Å². The van der Waals surface area contributed by atoms with Gasteiger partial charge in [0.2, 0.25) is 0 Å². The normalized spacial score (nSPS) is 25.0. The molecule has 1 saturated carbocycles. The number of hydrogen-bond acceptors (Lipinski definition) is 2. The summed E-state index contributed by atoms with van der Waals surface area (Å²) in [6, 6.07) is 0. The Bertz CT molecular complexity index is 289. The number of nitrogens with one attached hydrogen (secondary N) is 1. The van der Waals surface area contributed by atoms with Crippen LogP contribution < -0.4 is 5.32 Å². The van der Waals surface area contributed by atoms with Gasteiger partial charge in [-0.1, -0.05) is 19.3 Å². The number of amides is 1. The molecule has 2 aliphatic rings. The fourth-order valence-corrected chi connectivity index (χ4v) is 2.97. The van der Waals surface area contributed by atoms with E-state index in [0.29, 0.717) is 25.9 Å². The molecule has 0 aromatic heterocycles. The maximum atomic E-state index is 12.6. The van der Waals surface area contributed by atoms with E-state index in [2.05, 4.69) is 5.32 Å². The Kier molecular flexibility index (Phi) is 3.34. The summed E-state index contributed by atoms with van der Waals surface area (Å²) in [7, 11) is 0. The third-order valence-corrected chi connectivity index (χ3v) is 3.81. The number of nitrogens with zero attached hydrogens (tertiary/aromatic N) is 1. The molecule has 1 saturated heterocycles. The number of carbonyl (C=O) groups excluding carboxylic acids is 1. The molecule has 0 bridgehead atoms. The first-order valence-corrected chi connectivity index (χ1v) is 6.05. The van der Waals surface area contributed by atoms with Crippen LogP contribution in [-0.2, 0) is 4.79 Å². The molecule has 2 fully saturated rings. The van der Waals surface area contributed by atoms with E-state index in [1.807, 2.05) is 0 Å². The van der Waals surface area contributed by atoms with Crippen LogP contribution in [0, 0.1) is 0 Å². The van der Waals surface area contributed by atoms with Crippen LogP contribution in [0.15, 0.2) is 0 Å². The average Bonchev–Trinajstić information content (AvgIpc) is 2.29. The van der Waals surface area contributed by atoms with Crippen LogP contribution in [0.5, 0.6) is 0 Å². The third kappa shape index (κ3) is 2.41. The van der Waals surface area contributed by atoms with Gasteiger partial charge in [-0.3, -0.25) is 4.79 Å². The number of piperazine rings is 1. The second-order valence-corrected chi connectivity index (χ2v) is 4.92. The maximum Gasteiger partial charge on any atom is 0.471 e. The Morgan fingerprint density at radius 3 is 2.41 bits per heavy atom. The van der Waals surface area contributed by atoms with Crippen molar-refractivity contribution >= 4 is 5.91 Å². The van der Waals surface area contributed by atoms with Crippen LogP contribution in [0.25, 0.3) is 0 Å². The molecule has 1 N–H and O–H groups in total. The van der Waals surface area contributed by atoms with E-state index in [0.717, 1.165) is 24.2 Å². The largest absolute Gasteiger partial charge is 0.471 e. The van der Waals surface area contributed by atoms with Gasteiger partial charge < -0.3 is 10.2 Å². The number of alkyl halides is 3. The lowest BCUT2D eigenvalue weighted by Crippen LogP contribution is -2.65. The first-order chi connectivity index (χ1) is 7.96. The van der Waals surface area contributed by atoms with Crippen molar-refractivity contribution < 1.29 is 18.0 Å². The van der Waals surface area contributed by atoms with Gasteiger partial charge in [-0.05, 0) is 12.8 Å². The molecule has 0 atom stereocenters. The molecule has 3 nitrogen and oxygen atoms in total. The molecular formula is C11H17F3N2O. The Morgan fingerprint density at radius 2 is 1.82 bits per heavy atom. The van der Waals surface area contributed by atoms with Crippen molar-refractivity contribution in [2.24, 2.45) is 0 Å². The molecule has 0 unspecified atom stereocenters. The molecule has 98 valence electrons. The second kappa shape index (κ2) is 4.48. The van der Waals surface area contributed by atoms with E-state index in [9.17, 15) is 18.0 Å². The van der Waals surface area contributed by atoms with Gasteiger partial charge in [0.25, 0.3) is 0 Å². The Hall–Kier alpha value is -0.780. The van der Waals surface area contributed by atoms with Gasteiger partial charge in [-0.2, -0.15) is 13.2 Å². The molecule has 0 radical (unpaired) electrons. The van der Waals surface area contributed by atoms with Crippen LogP contribution in [-0.4, -0.2) is 42.2 Å². The lowest BCUT2D eigenvalue weighted by atomic mass is 9.79. The minimum absolute atomic E-state index is 0.165. The monoisotopic (exact) mass is 250 g/mol. The van der Waals surface area contributed by atoms with Crippen LogP contribution in [0.1, 0.15) is 32.1 Å². The minimum Gasteiger partial charge on any atom is -0.327 e. The summed E-state index contributed by atoms with van der Waals surface area (Å²) in [5, 5.41) is 3.12. The summed E-state index contributed by atoms with van der Waals surface area (Å²) in [5.41, 5.74) is -0.594. The van der Waals surface area contributed by atoms with Crippen molar-refractivity contribution in [2.75, 3.05) is 19.6 Å². The van der Waals surface area contributed by atoms with E-state index in [4.69, 9.17) is 0 Å². The first-order valence-electron chi connectivity index (χ1n) is 6.05. The fraction of sp³-hybridized carbons (Fsp3) is 0.909. The molecule has 1 aliphatic heterocycles. The predicted molar refractivity (Wildman–Crippen MR) is 56.5 cm³/mol. The van der Waals surface area contributed by atoms with E-state index in [-0.39, 0.29) is 6.54 Å². The highest BCUT2D eigenvalue weighted by Gasteiger charge is 2.51. The van der Waals surface area contributed by atoms with Crippen molar-refractivity contribution in [1.29, 1.82) is 0 Å². The molecular weight excluding hydrogens is 233 g/mol. The summed E-state index contributed by atoms with van der Waals surface area (Å²) in [6.07, 6.45) is -0.520. The van der Waals surface area contributed by atoms with Crippen molar-refractivity contribution in [2.45, 2.75) is 43.8 Å². The average molecular weight is 250 g/mol. The van der Waals surface area contributed by atoms with E-state index in [1.54, 1.807) is 0 Å². The number of carbonyl (C=O) groups is 1. The Morgan fingerprint density at radius 1 is 1.18 bits per heavy atom. The molecule has 1 aliphatic carbocycles. The predicted octanol–water partition coefficient (Wildman–Crippen LogP) is 1.68. The van der Waals surface area contributed by atoms with Crippen molar-refractivity contribution in [1.82, 2.24) is 10.2 Å². The lowest BCUT2D eigenvalue weighted by Gasteiger charge is -2.49. The second-order valence-electron chi connectivity index (χ2n) is 4.92. The van der Waals surface area contributed by atoms with Crippen LogP contribution in [0.4, 0.5) is 13.2 Å². The summed E-state index contributed by atoms with van der Waals surface area (Å²) in [5.74, 6) is -1.67. The number of halogens is 3. The molecule has 17 heavy (non-hydrogen) atoms. The quantitative estimate of drug-likeness (QED) is 0.709. The SMILES string of the molecule is O=C(N1CCNCC12CCCCC2)C(F)(F)F. The van der Waals surface area contributed by atoms with E-state index < -0.39 is 17.6 Å². The lowest BCUT2D eigenvalue weighted by molar-refractivity contribution is -0.194. The highest BCUT2D eigenvalue weighted by atomic mass is 19.4. The van der Waals surface area contributed by atoms with Crippen molar-refractivity contribution in [3.8, 4) is 0 Å². The molecule has 1 spiro atoms. The standard InChI is InChI=1S/C11H17F3N2O/c12-11(13,14)9(17)16-7-6-15-8-10(16)4-2-1-3-5-10/h15H,1-8H2. The van der Waals surface area contributed by atoms with Crippen LogP contribution in [0.2, 0.25) is 0 Å². The number of rotatable bonds is 0. The van der Waals surface area contributed by atoms with Gasteiger partial charge in [-0.15, -0.1) is 0 Å². The first kappa shape index (κ1) is 12.7. The van der Waals surface area contributed by atoms with Gasteiger partial charge >= 0.3 is 12.1 Å². The van der Waals surface area contributed by atoms with E-state index >= 15 is 0 Å². The van der Waals surface area contributed by atoms with Gasteiger partial charge in [0.05, 0.1) is 5.54 Å². The molecule has 6 heteroatoms. The summed E-state index contributed by atoms with van der Waals surface area (Å²) >= 11 is 0. The van der Waals surface area contributed by atoms with Gasteiger partial charge in [0.15, 0.2) is 0 Å². The fourth-order valence-electron chi connectivity index (χ4n) is 2.97. The summed E-state index contributed by atoms with van der Waals surface area (Å²) < 4.78 is 37.7. The van der Waals surface area contributed by atoms with E-state index in [1.165, 1.54) is 0 Å². The molecule has 1 amide bonds. The summed E-state index contributed by atoms with van der Waals surface area (Å²) in [4.78, 5) is 12.5. The highest BCUT2D eigenvalue weighted by Crippen LogP contribution is 2.36. The molecule has 0 aromatic rings. The molecule has 2 rings (SSSR count). The Labute approximate surface area is 98.3 Å².